The summed E-state index contributed by atoms with van der Waals surface area (Å²) in [6.45, 7) is 12.7. The number of rotatable bonds is 7. The fourth-order valence-electron chi connectivity index (χ4n) is 2.49. The quantitative estimate of drug-likeness (QED) is 0.441. The lowest BCUT2D eigenvalue weighted by Gasteiger charge is -2.38. The minimum Gasteiger partial charge on any atom is -0.392 e. The number of aliphatic hydroxyl groups is 1. The smallest absolute Gasteiger partial charge is 0.146 e. The van der Waals surface area contributed by atoms with Crippen molar-refractivity contribution in [3.63, 3.8) is 0 Å². The molecule has 0 saturated carbocycles. The monoisotopic (exact) mass is 289 g/mol. The minimum atomic E-state index is -1.01. The maximum Gasteiger partial charge on any atom is 0.146 e. The van der Waals surface area contributed by atoms with Gasteiger partial charge in [-0.05, 0) is 19.0 Å². The summed E-state index contributed by atoms with van der Waals surface area (Å²) in [5, 5.41) is 10.1. The van der Waals surface area contributed by atoms with Crippen LogP contribution in [0.1, 0.15) is 6.92 Å². The molecule has 0 aromatic carbocycles. The van der Waals surface area contributed by atoms with E-state index >= 15 is 0 Å². The molecule has 1 N–H and O–H groups in total. The maximum atomic E-state index is 10.1. The Labute approximate surface area is 119 Å². The highest BCUT2D eigenvalue weighted by Gasteiger charge is 2.31. The van der Waals surface area contributed by atoms with Crippen molar-refractivity contribution in [1.82, 2.24) is 4.90 Å². The third kappa shape index (κ3) is 6.86. The van der Waals surface area contributed by atoms with Crippen LogP contribution in [0, 0.1) is 11.8 Å². The Morgan fingerprint density at radius 3 is 2.53 bits per heavy atom. The summed E-state index contributed by atoms with van der Waals surface area (Å²) in [7, 11) is 1.09. The second kappa shape index (κ2) is 7.74. The maximum absolute atomic E-state index is 10.1. The predicted molar refractivity (Wildman–Crippen MR) is 81.1 cm³/mol. The molecule has 0 spiro atoms. The van der Waals surface area contributed by atoms with Crippen LogP contribution < -0.4 is 0 Å². The summed E-state index contributed by atoms with van der Waals surface area (Å²) in [6.07, 6.45) is -0.252. The molecule has 0 aromatic heterocycles. The van der Waals surface area contributed by atoms with Gasteiger partial charge in [-0.25, -0.2) is 0 Å². The van der Waals surface area contributed by atoms with Crippen LogP contribution >= 0.6 is 0 Å². The SMILES string of the molecule is C[C@@H]1CN(C)C[C@H](COCOCC[Si](C)(C)C)[C@H]1O. The summed E-state index contributed by atoms with van der Waals surface area (Å²) >= 11 is 0. The van der Waals surface area contributed by atoms with E-state index in [1.165, 1.54) is 6.04 Å². The van der Waals surface area contributed by atoms with Crippen LogP contribution in [0.5, 0.6) is 0 Å². The lowest BCUT2D eigenvalue weighted by Crippen LogP contribution is -2.48. The highest BCUT2D eigenvalue weighted by Crippen LogP contribution is 2.21. The molecule has 4 nitrogen and oxygen atoms in total. The molecule has 0 aromatic rings. The molecular weight excluding hydrogens is 258 g/mol. The van der Waals surface area contributed by atoms with Crippen molar-refractivity contribution in [2.24, 2.45) is 11.8 Å². The van der Waals surface area contributed by atoms with Gasteiger partial charge >= 0.3 is 0 Å². The Kier molecular flexibility index (Phi) is 6.97. The first-order valence-electron chi connectivity index (χ1n) is 7.31. The van der Waals surface area contributed by atoms with Gasteiger partial charge in [-0.15, -0.1) is 0 Å². The molecule has 0 amide bonds. The molecule has 0 aliphatic carbocycles. The number of nitrogens with zero attached hydrogens (tertiary/aromatic N) is 1. The van der Waals surface area contributed by atoms with Crippen molar-refractivity contribution in [3.8, 4) is 0 Å². The van der Waals surface area contributed by atoms with E-state index in [-0.39, 0.29) is 12.0 Å². The van der Waals surface area contributed by atoms with E-state index in [0.717, 1.165) is 19.7 Å². The summed E-state index contributed by atoms with van der Waals surface area (Å²) in [5.74, 6) is 0.523. The molecular formula is C14H31NO3Si. The highest BCUT2D eigenvalue weighted by molar-refractivity contribution is 6.76. The summed E-state index contributed by atoms with van der Waals surface area (Å²) in [6, 6.07) is 1.17. The van der Waals surface area contributed by atoms with Crippen LogP contribution in [0.4, 0.5) is 0 Å². The molecule has 114 valence electrons. The van der Waals surface area contributed by atoms with E-state index in [1.54, 1.807) is 0 Å². The van der Waals surface area contributed by atoms with Gasteiger partial charge in [0.25, 0.3) is 0 Å². The van der Waals surface area contributed by atoms with E-state index in [4.69, 9.17) is 9.47 Å². The van der Waals surface area contributed by atoms with E-state index in [0.29, 0.717) is 19.3 Å². The normalized spacial score (nSPS) is 29.7. The number of hydrogen-bond donors (Lipinski definition) is 1. The van der Waals surface area contributed by atoms with Crippen LogP contribution in [0.25, 0.3) is 0 Å². The van der Waals surface area contributed by atoms with Crippen molar-refractivity contribution in [2.45, 2.75) is 38.7 Å². The molecule has 19 heavy (non-hydrogen) atoms. The Morgan fingerprint density at radius 1 is 1.21 bits per heavy atom. The molecule has 1 aliphatic heterocycles. The van der Waals surface area contributed by atoms with Gasteiger partial charge < -0.3 is 19.5 Å². The number of likely N-dealkylation sites (tertiary alicyclic amines) is 1. The molecule has 3 atom stereocenters. The van der Waals surface area contributed by atoms with Crippen molar-refractivity contribution in [3.05, 3.63) is 0 Å². The van der Waals surface area contributed by atoms with Crippen LogP contribution in [0.2, 0.25) is 25.7 Å². The van der Waals surface area contributed by atoms with Crippen LogP contribution in [0.15, 0.2) is 0 Å². The van der Waals surface area contributed by atoms with Crippen molar-refractivity contribution in [1.29, 1.82) is 0 Å². The first-order chi connectivity index (χ1) is 8.79. The minimum absolute atomic E-state index is 0.203. The molecule has 0 bridgehead atoms. The number of piperidine rings is 1. The zero-order chi connectivity index (χ0) is 14.5. The number of hydrogen-bond acceptors (Lipinski definition) is 4. The average molecular weight is 289 g/mol. The first kappa shape index (κ1) is 17.1. The molecule has 1 rings (SSSR count). The molecule has 1 aliphatic rings. The number of ether oxygens (including phenoxy) is 2. The Hall–Kier alpha value is 0.0569. The Balaban J connectivity index is 2.11. The molecule has 1 heterocycles. The van der Waals surface area contributed by atoms with Crippen molar-refractivity contribution >= 4 is 8.07 Å². The first-order valence-corrected chi connectivity index (χ1v) is 11.0. The van der Waals surface area contributed by atoms with Crippen LogP contribution in [-0.4, -0.2) is 64.3 Å². The van der Waals surface area contributed by atoms with E-state index < -0.39 is 8.07 Å². The fourth-order valence-corrected chi connectivity index (χ4v) is 3.25. The van der Waals surface area contributed by atoms with Crippen molar-refractivity contribution < 1.29 is 14.6 Å². The Bertz CT molecular complexity index is 258. The lowest BCUT2D eigenvalue weighted by molar-refractivity contribution is -0.0960. The van der Waals surface area contributed by atoms with E-state index in [1.807, 2.05) is 0 Å². The van der Waals surface area contributed by atoms with Gasteiger partial charge in [0.2, 0.25) is 0 Å². The average Bonchev–Trinajstić information content (AvgIpc) is 2.28. The zero-order valence-electron chi connectivity index (χ0n) is 13.2. The van der Waals surface area contributed by atoms with Gasteiger partial charge in [0, 0.05) is 33.7 Å². The van der Waals surface area contributed by atoms with Crippen LogP contribution in [-0.2, 0) is 9.47 Å². The van der Waals surface area contributed by atoms with E-state index in [2.05, 4.69) is 38.5 Å². The van der Waals surface area contributed by atoms with Gasteiger partial charge in [-0.2, -0.15) is 0 Å². The zero-order valence-corrected chi connectivity index (χ0v) is 14.2. The third-order valence-corrected chi connectivity index (χ3v) is 5.41. The van der Waals surface area contributed by atoms with Crippen LogP contribution in [0.3, 0.4) is 0 Å². The van der Waals surface area contributed by atoms with Crippen molar-refractivity contribution in [2.75, 3.05) is 40.1 Å². The van der Waals surface area contributed by atoms with Gasteiger partial charge in [-0.3, -0.25) is 0 Å². The molecule has 1 saturated heterocycles. The molecule has 1 fully saturated rings. The largest absolute Gasteiger partial charge is 0.392 e. The third-order valence-electron chi connectivity index (χ3n) is 3.71. The van der Waals surface area contributed by atoms with Gasteiger partial charge in [-0.1, -0.05) is 26.6 Å². The second-order valence-corrected chi connectivity index (χ2v) is 12.8. The fraction of sp³-hybridized carbons (Fsp3) is 1.00. The van der Waals surface area contributed by atoms with Gasteiger partial charge in [0.15, 0.2) is 0 Å². The van der Waals surface area contributed by atoms with E-state index in [9.17, 15) is 5.11 Å². The Morgan fingerprint density at radius 2 is 1.89 bits per heavy atom. The summed E-state index contributed by atoms with van der Waals surface area (Å²) < 4.78 is 11.1. The topological polar surface area (TPSA) is 41.9 Å². The second-order valence-electron chi connectivity index (χ2n) is 7.16. The summed E-state index contributed by atoms with van der Waals surface area (Å²) in [4.78, 5) is 2.26. The lowest BCUT2D eigenvalue weighted by atomic mass is 9.88. The number of aliphatic hydroxyl groups excluding tert-OH is 1. The molecule has 0 unspecified atom stereocenters. The highest BCUT2D eigenvalue weighted by atomic mass is 28.3. The van der Waals surface area contributed by atoms with Gasteiger partial charge in [0.05, 0.1) is 12.7 Å². The standard InChI is InChI=1S/C14H31NO3Si/c1-12-8-15(2)9-13(14(12)16)10-18-11-17-6-7-19(3,4)5/h12-14,16H,6-11H2,1-5H3/t12-,13-,14+/m1/s1. The predicted octanol–water partition coefficient (Wildman–Crippen LogP) is 1.87. The molecule has 0 radical (unpaired) electrons. The molecule has 5 heteroatoms. The van der Waals surface area contributed by atoms with Gasteiger partial charge in [0.1, 0.15) is 6.79 Å². The summed E-state index contributed by atoms with van der Waals surface area (Å²) in [5.41, 5.74) is 0.